The number of nitrogens with one attached hydrogen (secondary N) is 1. The number of nitrogens with zero attached hydrogens (tertiary/aromatic N) is 3. The molecule has 4 nitrogen and oxygen atoms in total. The molecule has 4 heteroatoms. The fraction of sp³-hybridized carbons (Fsp3) is 0.700. The lowest BCUT2D eigenvalue weighted by Crippen LogP contribution is -2.13. The molecule has 0 aliphatic carbocycles. The molecule has 1 saturated heterocycles. The van der Waals surface area contributed by atoms with Gasteiger partial charge in [-0.05, 0) is 31.8 Å². The standard InChI is InChI=1S/C10H16N4/c1-2-9-7-12-14-10(13-9)5-8-3-4-11-6-8/h7-8,11H,2-6H2,1H3. The van der Waals surface area contributed by atoms with Crippen LogP contribution in [0.4, 0.5) is 0 Å². The largest absolute Gasteiger partial charge is 0.316 e. The van der Waals surface area contributed by atoms with Crippen molar-refractivity contribution in [3.8, 4) is 0 Å². The van der Waals surface area contributed by atoms with Gasteiger partial charge in [-0.2, -0.15) is 5.10 Å². The van der Waals surface area contributed by atoms with Crippen LogP contribution in [0.25, 0.3) is 0 Å². The van der Waals surface area contributed by atoms with Crippen molar-refractivity contribution in [3.63, 3.8) is 0 Å². The third-order valence-electron chi connectivity index (χ3n) is 2.65. The van der Waals surface area contributed by atoms with Crippen LogP contribution in [0.5, 0.6) is 0 Å². The second-order valence-corrected chi connectivity index (χ2v) is 3.78. The molecule has 0 saturated carbocycles. The van der Waals surface area contributed by atoms with Gasteiger partial charge in [0.15, 0.2) is 5.82 Å². The number of aromatic nitrogens is 3. The van der Waals surface area contributed by atoms with E-state index in [1.165, 1.54) is 6.42 Å². The van der Waals surface area contributed by atoms with Crippen LogP contribution in [0, 0.1) is 5.92 Å². The Morgan fingerprint density at radius 1 is 1.57 bits per heavy atom. The van der Waals surface area contributed by atoms with E-state index in [0.29, 0.717) is 5.92 Å². The van der Waals surface area contributed by atoms with Crippen LogP contribution in [0.3, 0.4) is 0 Å². The average molecular weight is 192 g/mol. The van der Waals surface area contributed by atoms with Gasteiger partial charge < -0.3 is 5.32 Å². The normalized spacial score (nSPS) is 21.4. The Labute approximate surface area is 84.2 Å². The molecule has 1 aromatic heterocycles. The van der Waals surface area contributed by atoms with Crippen LogP contribution >= 0.6 is 0 Å². The minimum atomic E-state index is 0.698. The molecule has 1 fully saturated rings. The molecular formula is C10H16N4. The van der Waals surface area contributed by atoms with Crippen molar-refractivity contribution in [1.82, 2.24) is 20.5 Å². The molecule has 14 heavy (non-hydrogen) atoms. The SMILES string of the molecule is CCc1cnnc(CC2CCNC2)n1. The lowest BCUT2D eigenvalue weighted by atomic mass is 10.1. The molecule has 0 aromatic carbocycles. The van der Waals surface area contributed by atoms with E-state index >= 15 is 0 Å². The second-order valence-electron chi connectivity index (χ2n) is 3.78. The van der Waals surface area contributed by atoms with Gasteiger partial charge in [0.25, 0.3) is 0 Å². The van der Waals surface area contributed by atoms with E-state index in [-0.39, 0.29) is 0 Å². The number of hydrogen-bond acceptors (Lipinski definition) is 4. The summed E-state index contributed by atoms with van der Waals surface area (Å²) in [4.78, 5) is 4.45. The zero-order valence-electron chi connectivity index (χ0n) is 8.53. The van der Waals surface area contributed by atoms with Crippen LogP contribution < -0.4 is 5.32 Å². The lowest BCUT2D eigenvalue weighted by Gasteiger charge is -2.06. The Morgan fingerprint density at radius 2 is 2.50 bits per heavy atom. The van der Waals surface area contributed by atoms with Crippen molar-refractivity contribution in [2.24, 2.45) is 5.92 Å². The third-order valence-corrected chi connectivity index (χ3v) is 2.65. The molecule has 1 N–H and O–H groups in total. The molecule has 1 aromatic rings. The van der Waals surface area contributed by atoms with E-state index in [2.05, 4.69) is 27.4 Å². The van der Waals surface area contributed by atoms with Gasteiger partial charge in [0.05, 0.1) is 11.9 Å². The van der Waals surface area contributed by atoms with Gasteiger partial charge >= 0.3 is 0 Å². The summed E-state index contributed by atoms with van der Waals surface area (Å²) in [5, 5.41) is 11.4. The summed E-state index contributed by atoms with van der Waals surface area (Å²) in [5.41, 5.74) is 1.04. The molecule has 2 heterocycles. The number of rotatable bonds is 3. The first-order chi connectivity index (χ1) is 6.88. The highest BCUT2D eigenvalue weighted by atomic mass is 15.1. The molecule has 0 radical (unpaired) electrons. The zero-order chi connectivity index (χ0) is 9.80. The minimum absolute atomic E-state index is 0.698. The lowest BCUT2D eigenvalue weighted by molar-refractivity contribution is 0.553. The third kappa shape index (κ3) is 2.26. The van der Waals surface area contributed by atoms with E-state index in [0.717, 1.165) is 37.4 Å². The summed E-state index contributed by atoms with van der Waals surface area (Å²) >= 11 is 0. The Bertz CT molecular complexity index is 294. The van der Waals surface area contributed by atoms with Crippen LogP contribution in [0.1, 0.15) is 24.9 Å². The molecule has 76 valence electrons. The number of hydrogen-bond donors (Lipinski definition) is 1. The fourth-order valence-electron chi connectivity index (χ4n) is 1.78. The molecule has 1 aliphatic rings. The summed E-state index contributed by atoms with van der Waals surface area (Å²) < 4.78 is 0. The van der Waals surface area contributed by atoms with E-state index in [1.54, 1.807) is 6.20 Å². The monoisotopic (exact) mass is 192 g/mol. The first kappa shape index (κ1) is 9.52. The summed E-state index contributed by atoms with van der Waals surface area (Å²) in [5.74, 6) is 1.60. The van der Waals surface area contributed by atoms with Crippen molar-refractivity contribution in [2.45, 2.75) is 26.2 Å². The highest BCUT2D eigenvalue weighted by molar-refractivity contribution is 4.97. The van der Waals surface area contributed by atoms with Gasteiger partial charge in [-0.3, -0.25) is 0 Å². The van der Waals surface area contributed by atoms with E-state index < -0.39 is 0 Å². The van der Waals surface area contributed by atoms with Gasteiger partial charge in [-0.1, -0.05) is 6.92 Å². The maximum Gasteiger partial charge on any atom is 0.151 e. The van der Waals surface area contributed by atoms with Crippen LogP contribution in [-0.4, -0.2) is 28.3 Å². The predicted molar refractivity (Wildman–Crippen MR) is 53.9 cm³/mol. The van der Waals surface area contributed by atoms with Gasteiger partial charge in [-0.15, -0.1) is 5.10 Å². The predicted octanol–water partition coefficient (Wildman–Crippen LogP) is 0.586. The zero-order valence-corrected chi connectivity index (χ0v) is 8.53. The smallest absolute Gasteiger partial charge is 0.151 e. The van der Waals surface area contributed by atoms with Crippen molar-refractivity contribution in [2.75, 3.05) is 13.1 Å². The summed E-state index contributed by atoms with van der Waals surface area (Å²) in [6.07, 6.45) is 4.88. The first-order valence-electron chi connectivity index (χ1n) is 5.26. The van der Waals surface area contributed by atoms with Gasteiger partial charge in [0, 0.05) is 6.42 Å². The molecule has 0 amide bonds. The fourth-order valence-corrected chi connectivity index (χ4v) is 1.78. The Hall–Kier alpha value is -1.03. The highest BCUT2D eigenvalue weighted by Crippen LogP contribution is 2.12. The van der Waals surface area contributed by atoms with Crippen LogP contribution in [-0.2, 0) is 12.8 Å². The van der Waals surface area contributed by atoms with Crippen molar-refractivity contribution < 1.29 is 0 Å². The maximum atomic E-state index is 4.45. The Balaban J connectivity index is 2.00. The second kappa shape index (κ2) is 4.46. The Kier molecular flexibility index (Phi) is 3.03. The van der Waals surface area contributed by atoms with Crippen molar-refractivity contribution in [3.05, 3.63) is 17.7 Å². The topological polar surface area (TPSA) is 50.7 Å². The summed E-state index contributed by atoms with van der Waals surface area (Å²) in [6, 6.07) is 0. The summed E-state index contributed by atoms with van der Waals surface area (Å²) in [7, 11) is 0. The van der Waals surface area contributed by atoms with E-state index in [9.17, 15) is 0 Å². The summed E-state index contributed by atoms with van der Waals surface area (Å²) in [6.45, 7) is 4.32. The maximum absolute atomic E-state index is 4.45. The molecule has 2 rings (SSSR count). The minimum Gasteiger partial charge on any atom is -0.316 e. The van der Waals surface area contributed by atoms with E-state index in [4.69, 9.17) is 0 Å². The van der Waals surface area contributed by atoms with Crippen LogP contribution in [0.2, 0.25) is 0 Å². The molecule has 0 bridgehead atoms. The first-order valence-corrected chi connectivity index (χ1v) is 5.26. The number of aryl methyl sites for hydroxylation is 1. The van der Waals surface area contributed by atoms with E-state index in [1.807, 2.05) is 0 Å². The highest BCUT2D eigenvalue weighted by Gasteiger charge is 2.16. The molecule has 1 unspecified atom stereocenters. The van der Waals surface area contributed by atoms with Crippen LogP contribution in [0.15, 0.2) is 6.20 Å². The molecular weight excluding hydrogens is 176 g/mol. The van der Waals surface area contributed by atoms with Crippen molar-refractivity contribution >= 4 is 0 Å². The van der Waals surface area contributed by atoms with Crippen molar-refractivity contribution in [1.29, 1.82) is 0 Å². The molecule has 1 aliphatic heterocycles. The van der Waals surface area contributed by atoms with Gasteiger partial charge in [0.1, 0.15) is 0 Å². The van der Waals surface area contributed by atoms with Gasteiger partial charge in [0.2, 0.25) is 0 Å². The quantitative estimate of drug-likeness (QED) is 0.761. The average Bonchev–Trinajstić information content (AvgIpc) is 2.71. The molecule has 1 atom stereocenters. The Morgan fingerprint density at radius 3 is 3.21 bits per heavy atom. The van der Waals surface area contributed by atoms with Gasteiger partial charge in [-0.25, -0.2) is 4.98 Å². The molecule has 0 spiro atoms.